The van der Waals surface area contributed by atoms with Crippen LogP contribution in [0.5, 0.6) is 0 Å². The Morgan fingerprint density at radius 3 is 1.36 bits per heavy atom. The fourth-order valence-electron chi connectivity index (χ4n) is 5.15. The monoisotopic (exact) mass is 695 g/mol. The van der Waals surface area contributed by atoms with Crippen molar-refractivity contribution in [2.75, 3.05) is 13.2 Å². The Hall–Kier alpha value is -2.92. The lowest BCUT2D eigenvalue weighted by Crippen LogP contribution is -2.28. The van der Waals surface area contributed by atoms with Crippen LogP contribution >= 0.6 is 0 Å². The molecule has 0 aliphatic heterocycles. The average Bonchev–Trinajstić information content (AvgIpc) is 3.12. The SMILES string of the molecule is CCC=CCC=CCC=CCC=CCC=CCCCC(=O)O[C@@H](CO)COC(=O)CCCCCCCCCCCC=CCC=CCCCCC. The molecule has 0 rings (SSSR count). The first-order valence-corrected chi connectivity index (χ1v) is 20.1. The third kappa shape index (κ3) is 37.9. The van der Waals surface area contributed by atoms with Gasteiger partial charge in [0.05, 0.1) is 6.61 Å². The van der Waals surface area contributed by atoms with E-state index in [0.717, 1.165) is 64.2 Å². The van der Waals surface area contributed by atoms with Crippen LogP contribution < -0.4 is 0 Å². The number of aliphatic hydroxyl groups is 1. The molecule has 0 aromatic heterocycles. The van der Waals surface area contributed by atoms with Crippen LogP contribution in [0.4, 0.5) is 0 Å². The van der Waals surface area contributed by atoms with E-state index in [1.54, 1.807) is 0 Å². The van der Waals surface area contributed by atoms with Crippen LogP contribution in [0.2, 0.25) is 0 Å². The maximum absolute atomic E-state index is 12.2. The van der Waals surface area contributed by atoms with Crippen molar-refractivity contribution >= 4 is 11.9 Å². The highest BCUT2D eigenvalue weighted by Gasteiger charge is 2.15. The van der Waals surface area contributed by atoms with Crippen molar-refractivity contribution in [2.45, 2.75) is 174 Å². The molecule has 5 heteroatoms. The summed E-state index contributed by atoms with van der Waals surface area (Å²) in [5, 5.41) is 9.55. The first-order valence-electron chi connectivity index (χ1n) is 20.1. The van der Waals surface area contributed by atoms with Gasteiger partial charge in [-0.15, -0.1) is 0 Å². The summed E-state index contributed by atoms with van der Waals surface area (Å²) < 4.78 is 10.6. The molecule has 0 saturated heterocycles. The molecule has 0 unspecified atom stereocenters. The Labute approximate surface area is 307 Å². The molecule has 1 N–H and O–H groups in total. The van der Waals surface area contributed by atoms with E-state index < -0.39 is 6.10 Å². The zero-order valence-electron chi connectivity index (χ0n) is 32.1. The number of ether oxygens (including phenoxy) is 2. The Kier molecular flexibility index (Phi) is 38.1. The van der Waals surface area contributed by atoms with Crippen molar-refractivity contribution in [2.24, 2.45) is 0 Å². The van der Waals surface area contributed by atoms with Crippen LogP contribution in [0.15, 0.2) is 85.1 Å². The topological polar surface area (TPSA) is 72.8 Å². The first-order chi connectivity index (χ1) is 24.6. The van der Waals surface area contributed by atoms with Gasteiger partial charge in [-0.25, -0.2) is 0 Å². The third-order valence-electron chi connectivity index (χ3n) is 8.17. The molecule has 0 aromatic rings. The van der Waals surface area contributed by atoms with E-state index in [-0.39, 0.29) is 31.6 Å². The number of esters is 2. The molecule has 0 saturated carbocycles. The molecule has 0 bridgehead atoms. The van der Waals surface area contributed by atoms with Crippen molar-refractivity contribution < 1.29 is 24.2 Å². The smallest absolute Gasteiger partial charge is 0.306 e. The minimum atomic E-state index is -0.807. The Balaban J connectivity index is 3.67. The van der Waals surface area contributed by atoms with Crippen LogP contribution in [0.1, 0.15) is 168 Å². The zero-order chi connectivity index (χ0) is 36.4. The summed E-state index contributed by atoms with van der Waals surface area (Å²) in [5.74, 6) is -0.671. The van der Waals surface area contributed by atoms with E-state index in [0.29, 0.717) is 12.8 Å². The Morgan fingerprint density at radius 2 is 0.880 bits per heavy atom. The average molecular weight is 695 g/mol. The summed E-state index contributed by atoms with van der Waals surface area (Å²) in [6.45, 7) is 3.93. The maximum Gasteiger partial charge on any atom is 0.306 e. The summed E-state index contributed by atoms with van der Waals surface area (Å²) in [5.41, 5.74) is 0. The van der Waals surface area contributed by atoms with Crippen LogP contribution in [-0.2, 0) is 19.1 Å². The number of aliphatic hydroxyl groups excluding tert-OH is 1. The number of hydrogen-bond donors (Lipinski definition) is 1. The minimum Gasteiger partial charge on any atom is -0.462 e. The predicted molar refractivity (Wildman–Crippen MR) is 214 cm³/mol. The van der Waals surface area contributed by atoms with Gasteiger partial charge in [0.15, 0.2) is 6.10 Å². The highest BCUT2D eigenvalue weighted by atomic mass is 16.6. The lowest BCUT2D eigenvalue weighted by Gasteiger charge is -2.15. The van der Waals surface area contributed by atoms with E-state index in [2.05, 4.69) is 98.9 Å². The molecule has 0 aliphatic rings. The Bertz CT molecular complexity index is 968. The van der Waals surface area contributed by atoms with Gasteiger partial charge in [0, 0.05) is 12.8 Å². The maximum atomic E-state index is 12.2. The summed E-state index contributed by atoms with van der Waals surface area (Å²) >= 11 is 0. The molecule has 0 amide bonds. The van der Waals surface area contributed by atoms with E-state index in [4.69, 9.17) is 9.47 Å². The van der Waals surface area contributed by atoms with Gasteiger partial charge in [-0.05, 0) is 83.5 Å². The number of carbonyl (C=O) groups excluding carboxylic acids is 2. The van der Waals surface area contributed by atoms with Crippen LogP contribution in [0, 0.1) is 0 Å². The molecule has 50 heavy (non-hydrogen) atoms. The van der Waals surface area contributed by atoms with Crippen molar-refractivity contribution in [3.63, 3.8) is 0 Å². The normalized spacial score (nSPS) is 13.1. The molecule has 0 aliphatic carbocycles. The summed E-state index contributed by atoms with van der Waals surface area (Å²) in [4.78, 5) is 24.3. The van der Waals surface area contributed by atoms with E-state index in [9.17, 15) is 14.7 Å². The van der Waals surface area contributed by atoms with Crippen molar-refractivity contribution in [1.82, 2.24) is 0 Å². The molecular formula is C45H74O5. The number of carbonyl (C=O) groups is 2. The molecular weight excluding hydrogens is 620 g/mol. The fraction of sp³-hybridized carbons (Fsp3) is 0.644. The van der Waals surface area contributed by atoms with Gasteiger partial charge in [0.1, 0.15) is 6.61 Å². The van der Waals surface area contributed by atoms with Crippen LogP contribution in [0.25, 0.3) is 0 Å². The van der Waals surface area contributed by atoms with Crippen molar-refractivity contribution in [3.8, 4) is 0 Å². The number of hydrogen-bond acceptors (Lipinski definition) is 5. The second-order valence-electron chi connectivity index (χ2n) is 13.0. The molecule has 284 valence electrons. The van der Waals surface area contributed by atoms with Crippen LogP contribution in [-0.4, -0.2) is 36.4 Å². The van der Waals surface area contributed by atoms with Crippen molar-refractivity contribution in [3.05, 3.63) is 85.1 Å². The van der Waals surface area contributed by atoms with E-state index in [1.165, 1.54) is 70.6 Å². The van der Waals surface area contributed by atoms with Gasteiger partial charge >= 0.3 is 11.9 Å². The standard InChI is InChI=1S/C45H74O5/c1-3-5-7-9-11-13-15-17-19-21-22-24-25-27-29-31-33-35-37-39-44(47)49-42-43(41-46)50-45(48)40-38-36-34-32-30-28-26-23-20-18-16-14-12-10-8-6-4-2/h6,8,11-14,17-20,26,28,32,34,43,46H,3-5,7,9-10,15-16,21-25,27,29-31,33,35-42H2,1-2H3/t43-/m0/s1. The van der Waals surface area contributed by atoms with Gasteiger partial charge in [0.2, 0.25) is 0 Å². The number of rotatable bonds is 35. The first kappa shape index (κ1) is 47.1. The molecule has 0 spiro atoms. The van der Waals surface area contributed by atoms with E-state index >= 15 is 0 Å². The van der Waals surface area contributed by atoms with Gasteiger partial charge in [-0.3, -0.25) is 9.59 Å². The Morgan fingerprint density at radius 1 is 0.480 bits per heavy atom. The number of unbranched alkanes of at least 4 members (excludes halogenated alkanes) is 13. The van der Waals surface area contributed by atoms with Gasteiger partial charge in [-0.1, -0.05) is 157 Å². The minimum absolute atomic E-state index is 0.0954. The molecule has 5 nitrogen and oxygen atoms in total. The van der Waals surface area contributed by atoms with E-state index in [1.807, 2.05) is 0 Å². The molecule has 0 heterocycles. The third-order valence-corrected chi connectivity index (χ3v) is 8.17. The quantitative estimate of drug-likeness (QED) is 0.0406. The number of allylic oxidation sites excluding steroid dienone is 14. The largest absolute Gasteiger partial charge is 0.462 e. The molecule has 0 radical (unpaired) electrons. The molecule has 1 atom stereocenters. The zero-order valence-corrected chi connectivity index (χ0v) is 32.1. The molecule has 0 aromatic carbocycles. The van der Waals surface area contributed by atoms with Gasteiger partial charge in [-0.2, -0.15) is 0 Å². The second kappa shape index (κ2) is 40.5. The van der Waals surface area contributed by atoms with Gasteiger partial charge < -0.3 is 14.6 Å². The predicted octanol–water partition coefficient (Wildman–Crippen LogP) is 12.7. The fourth-order valence-corrected chi connectivity index (χ4v) is 5.15. The molecule has 0 fully saturated rings. The highest BCUT2D eigenvalue weighted by molar-refractivity contribution is 5.70. The summed E-state index contributed by atoms with van der Waals surface area (Å²) in [7, 11) is 0. The van der Waals surface area contributed by atoms with Gasteiger partial charge in [0.25, 0.3) is 0 Å². The second-order valence-corrected chi connectivity index (χ2v) is 13.0. The summed E-state index contributed by atoms with van der Waals surface area (Å²) in [6.07, 6.45) is 55.0. The van der Waals surface area contributed by atoms with Crippen LogP contribution in [0.3, 0.4) is 0 Å². The highest BCUT2D eigenvalue weighted by Crippen LogP contribution is 2.12. The lowest BCUT2D eigenvalue weighted by molar-refractivity contribution is -0.161. The lowest BCUT2D eigenvalue weighted by atomic mass is 10.1. The van der Waals surface area contributed by atoms with Crippen molar-refractivity contribution in [1.29, 1.82) is 0 Å². The summed E-state index contributed by atoms with van der Waals surface area (Å²) in [6, 6.07) is 0.